The molecule has 1 aromatic rings. The topological polar surface area (TPSA) is 69.6 Å². The second-order valence-electron chi connectivity index (χ2n) is 4.68. The molecule has 0 aromatic heterocycles. The van der Waals surface area contributed by atoms with E-state index in [0.717, 1.165) is 12.8 Å². The maximum atomic E-state index is 11.9. The standard InChI is InChI=1S/C14H18N2O3/c17-12-7-4-8-16(10-12)13(18)9-15-14(19)11-5-2-1-3-6-11/h1-3,5-6,12,17H,4,7-10H2,(H,15,19). The molecule has 19 heavy (non-hydrogen) atoms. The van der Waals surface area contributed by atoms with E-state index in [2.05, 4.69) is 5.32 Å². The number of benzene rings is 1. The van der Waals surface area contributed by atoms with Crippen LogP contribution in [0, 0.1) is 0 Å². The van der Waals surface area contributed by atoms with Crippen molar-refractivity contribution >= 4 is 11.8 Å². The summed E-state index contributed by atoms with van der Waals surface area (Å²) in [7, 11) is 0. The highest BCUT2D eigenvalue weighted by Gasteiger charge is 2.22. The average Bonchev–Trinajstić information content (AvgIpc) is 2.45. The molecule has 1 aromatic carbocycles. The van der Waals surface area contributed by atoms with Crippen molar-refractivity contribution in [3.63, 3.8) is 0 Å². The minimum absolute atomic E-state index is 0.0273. The van der Waals surface area contributed by atoms with E-state index in [-0.39, 0.29) is 18.4 Å². The summed E-state index contributed by atoms with van der Waals surface area (Å²) in [5.74, 6) is -0.408. The Morgan fingerprint density at radius 1 is 1.32 bits per heavy atom. The Morgan fingerprint density at radius 3 is 2.74 bits per heavy atom. The summed E-state index contributed by atoms with van der Waals surface area (Å²) in [5.41, 5.74) is 0.536. The largest absolute Gasteiger partial charge is 0.391 e. The van der Waals surface area contributed by atoms with Crippen molar-refractivity contribution in [2.75, 3.05) is 19.6 Å². The van der Waals surface area contributed by atoms with Gasteiger partial charge in [-0.25, -0.2) is 0 Å². The maximum absolute atomic E-state index is 11.9. The third-order valence-corrected chi connectivity index (χ3v) is 3.19. The first-order valence-electron chi connectivity index (χ1n) is 6.46. The second-order valence-corrected chi connectivity index (χ2v) is 4.68. The van der Waals surface area contributed by atoms with Crippen LogP contribution in [0.2, 0.25) is 0 Å². The Kier molecular flexibility index (Phi) is 4.52. The SMILES string of the molecule is O=C(NCC(=O)N1CCCC(O)C1)c1ccccc1. The van der Waals surface area contributed by atoms with Gasteiger partial charge in [-0.1, -0.05) is 18.2 Å². The van der Waals surface area contributed by atoms with E-state index < -0.39 is 6.10 Å². The highest BCUT2D eigenvalue weighted by atomic mass is 16.3. The van der Waals surface area contributed by atoms with E-state index >= 15 is 0 Å². The van der Waals surface area contributed by atoms with Gasteiger partial charge in [-0.15, -0.1) is 0 Å². The minimum Gasteiger partial charge on any atom is -0.391 e. The number of aliphatic hydroxyl groups is 1. The number of aliphatic hydroxyl groups excluding tert-OH is 1. The van der Waals surface area contributed by atoms with Crippen LogP contribution in [0.3, 0.4) is 0 Å². The van der Waals surface area contributed by atoms with E-state index in [1.807, 2.05) is 6.07 Å². The Balaban J connectivity index is 1.82. The lowest BCUT2D eigenvalue weighted by Crippen LogP contribution is -2.46. The van der Waals surface area contributed by atoms with Crippen molar-refractivity contribution in [1.29, 1.82) is 0 Å². The van der Waals surface area contributed by atoms with Gasteiger partial charge >= 0.3 is 0 Å². The molecule has 102 valence electrons. The fourth-order valence-electron chi connectivity index (χ4n) is 2.14. The van der Waals surface area contributed by atoms with Crippen molar-refractivity contribution < 1.29 is 14.7 Å². The molecule has 1 unspecified atom stereocenters. The fraction of sp³-hybridized carbons (Fsp3) is 0.429. The summed E-state index contributed by atoms with van der Waals surface area (Å²) in [6.07, 6.45) is 1.10. The van der Waals surface area contributed by atoms with Crippen LogP contribution in [0.4, 0.5) is 0 Å². The quantitative estimate of drug-likeness (QED) is 0.828. The number of carbonyl (C=O) groups excluding carboxylic acids is 2. The molecule has 1 aliphatic rings. The summed E-state index contributed by atoms with van der Waals surface area (Å²) in [5, 5.41) is 12.1. The highest BCUT2D eigenvalue weighted by Crippen LogP contribution is 2.09. The van der Waals surface area contributed by atoms with Gasteiger partial charge in [-0.05, 0) is 25.0 Å². The number of rotatable bonds is 3. The van der Waals surface area contributed by atoms with Crippen LogP contribution in [-0.4, -0.2) is 47.6 Å². The molecule has 1 atom stereocenters. The van der Waals surface area contributed by atoms with Gasteiger partial charge in [-0.2, -0.15) is 0 Å². The normalized spacial score (nSPS) is 19.0. The predicted molar refractivity (Wildman–Crippen MR) is 70.6 cm³/mol. The van der Waals surface area contributed by atoms with Crippen LogP contribution >= 0.6 is 0 Å². The van der Waals surface area contributed by atoms with Gasteiger partial charge < -0.3 is 15.3 Å². The molecule has 1 saturated heterocycles. The first-order valence-corrected chi connectivity index (χ1v) is 6.46. The molecule has 0 radical (unpaired) electrons. The molecule has 1 heterocycles. The number of carbonyl (C=O) groups is 2. The summed E-state index contributed by atoms with van der Waals surface area (Å²) in [6.45, 7) is 0.984. The van der Waals surface area contributed by atoms with Crippen LogP contribution in [0.25, 0.3) is 0 Å². The molecule has 0 aliphatic carbocycles. The molecule has 0 saturated carbocycles. The molecule has 1 fully saturated rings. The zero-order valence-electron chi connectivity index (χ0n) is 10.7. The van der Waals surface area contributed by atoms with Crippen molar-refractivity contribution in [2.45, 2.75) is 18.9 Å². The molecule has 2 N–H and O–H groups in total. The smallest absolute Gasteiger partial charge is 0.251 e. The van der Waals surface area contributed by atoms with Gasteiger partial charge in [0.2, 0.25) is 5.91 Å². The second kappa shape index (κ2) is 6.33. The molecule has 0 spiro atoms. The van der Waals surface area contributed by atoms with E-state index in [1.165, 1.54) is 0 Å². The molecule has 2 rings (SSSR count). The Hall–Kier alpha value is -1.88. The first kappa shape index (κ1) is 13.5. The van der Waals surface area contributed by atoms with Crippen molar-refractivity contribution in [1.82, 2.24) is 10.2 Å². The van der Waals surface area contributed by atoms with Gasteiger partial charge in [0.05, 0.1) is 12.6 Å². The summed E-state index contributed by atoms with van der Waals surface area (Å²) in [4.78, 5) is 25.2. The van der Waals surface area contributed by atoms with Gasteiger partial charge in [0.1, 0.15) is 0 Å². The van der Waals surface area contributed by atoms with Crippen LogP contribution < -0.4 is 5.32 Å². The number of hydrogen-bond acceptors (Lipinski definition) is 3. The lowest BCUT2D eigenvalue weighted by atomic mass is 10.1. The van der Waals surface area contributed by atoms with Gasteiger partial charge in [0.25, 0.3) is 5.91 Å². The monoisotopic (exact) mass is 262 g/mol. The predicted octanol–water partition coefficient (Wildman–Crippen LogP) is 0.400. The molecule has 5 nitrogen and oxygen atoms in total. The summed E-state index contributed by atoms with van der Waals surface area (Å²) < 4.78 is 0. The molecule has 1 aliphatic heterocycles. The van der Waals surface area contributed by atoms with E-state index in [9.17, 15) is 14.7 Å². The minimum atomic E-state index is -0.442. The molecule has 0 bridgehead atoms. The van der Waals surface area contributed by atoms with Crippen molar-refractivity contribution in [2.24, 2.45) is 0 Å². The number of amides is 2. The lowest BCUT2D eigenvalue weighted by Gasteiger charge is -2.30. The molecule has 2 amide bonds. The third-order valence-electron chi connectivity index (χ3n) is 3.19. The lowest BCUT2D eigenvalue weighted by molar-refractivity contribution is -0.133. The Labute approximate surface area is 112 Å². The van der Waals surface area contributed by atoms with Crippen LogP contribution in [-0.2, 0) is 4.79 Å². The maximum Gasteiger partial charge on any atom is 0.251 e. The number of hydrogen-bond donors (Lipinski definition) is 2. The zero-order valence-corrected chi connectivity index (χ0v) is 10.7. The van der Waals surface area contributed by atoms with Crippen LogP contribution in [0.1, 0.15) is 23.2 Å². The number of likely N-dealkylation sites (tertiary alicyclic amines) is 1. The fourth-order valence-corrected chi connectivity index (χ4v) is 2.14. The van der Waals surface area contributed by atoms with E-state index in [1.54, 1.807) is 29.2 Å². The van der Waals surface area contributed by atoms with Gasteiger partial charge in [-0.3, -0.25) is 9.59 Å². The number of β-amino-alcohol motifs (C(OH)–C–C–N with tert-alkyl or cyclic N) is 1. The Bertz CT molecular complexity index is 447. The number of piperidine rings is 1. The summed E-state index contributed by atoms with van der Waals surface area (Å²) in [6, 6.07) is 8.78. The third kappa shape index (κ3) is 3.79. The number of nitrogens with one attached hydrogen (secondary N) is 1. The Morgan fingerprint density at radius 2 is 2.05 bits per heavy atom. The van der Waals surface area contributed by atoms with Gasteiger partial charge in [0, 0.05) is 18.7 Å². The highest BCUT2D eigenvalue weighted by molar-refractivity contribution is 5.96. The van der Waals surface area contributed by atoms with Crippen LogP contribution in [0.15, 0.2) is 30.3 Å². The zero-order chi connectivity index (χ0) is 13.7. The number of nitrogens with zero attached hydrogens (tertiary/aromatic N) is 1. The average molecular weight is 262 g/mol. The molecular weight excluding hydrogens is 244 g/mol. The van der Waals surface area contributed by atoms with Gasteiger partial charge in [0.15, 0.2) is 0 Å². The molecular formula is C14H18N2O3. The first-order chi connectivity index (χ1) is 9.16. The van der Waals surface area contributed by atoms with Crippen molar-refractivity contribution in [3.05, 3.63) is 35.9 Å². The molecule has 5 heteroatoms. The van der Waals surface area contributed by atoms with Crippen LogP contribution in [0.5, 0.6) is 0 Å². The van der Waals surface area contributed by atoms with E-state index in [4.69, 9.17) is 0 Å². The summed E-state index contributed by atoms with van der Waals surface area (Å²) >= 11 is 0. The van der Waals surface area contributed by atoms with Crippen molar-refractivity contribution in [3.8, 4) is 0 Å². The van der Waals surface area contributed by atoms with E-state index in [0.29, 0.717) is 18.7 Å².